The molecule has 16 heteroatoms. The number of hydrogen-bond acceptors (Lipinski definition) is 1. The summed E-state index contributed by atoms with van der Waals surface area (Å²) in [6.45, 7) is 15.9. The number of nitrogens with zero attached hydrogens (tertiary/aromatic N) is 4. The van der Waals surface area contributed by atoms with Crippen molar-refractivity contribution < 1.29 is 52.7 Å². The molecule has 9 aromatic carbocycles. The summed E-state index contributed by atoms with van der Waals surface area (Å²) in [6.07, 6.45) is -19.2. The Morgan fingerprint density at radius 1 is 0.357 bits per heavy atom. The van der Waals surface area contributed by atoms with Crippen molar-refractivity contribution in [2.24, 2.45) is 0 Å². The Morgan fingerprint density at radius 3 is 1.10 bits per heavy atom. The van der Waals surface area contributed by atoms with E-state index in [-0.39, 0.29) is 50.9 Å². The Labute approximate surface area is 471 Å². The average molecular weight is 1140 g/mol. The van der Waals surface area contributed by atoms with E-state index in [0.717, 1.165) is 66.3 Å². The molecule has 418 valence electrons. The lowest BCUT2D eigenvalue weighted by Crippen LogP contribution is -2.12. The third-order valence-corrected chi connectivity index (χ3v) is 15.5. The zero-order valence-corrected chi connectivity index (χ0v) is 44.6. The molecule has 0 aliphatic carbocycles. The normalized spacial score (nSPS) is 12.5. The van der Waals surface area contributed by atoms with Crippen LogP contribution >= 0.6 is 0 Å². The van der Waals surface area contributed by atoms with Gasteiger partial charge in [0.1, 0.15) is 5.82 Å². The number of rotatable bonds is 7. The minimum absolute atomic E-state index is 0.00676. The molecule has 0 amide bonds. The fourth-order valence-corrected chi connectivity index (χ4v) is 11.6. The number of benzene rings is 9. The maximum atomic E-state index is 14.8. The largest absolute Gasteiger partial charge is 0.417 e. The number of pyridine rings is 1. The number of halogens is 12. The van der Waals surface area contributed by atoms with Gasteiger partial charge in [-0.1, -0.05) is 108 Å². The molecule has 12 rings (SSSR count). The van der Waals surface area contributed by atoms with Crippen molar-refractivity contribution in [3.05, 3.63) is 238 Å². The molecule has 0 atom stereocenters. The van der Waals surface area contributed by atoms with Gasteiger partial charge in [-0.3, -0.25) is 4.57 Å². The lowest BCUT2D eigenvalue weighted by molar-refractivity contribution is -0.144. The van der Waals surface area contributed by atoms with E-state index >= 15 is 0 Å². The first-order valence-electron chi connectivity index (χ1n) is 26.1. The third-order valence-electron chi connectivity index (χ3n) is 15.5. The molecule has 0 spiro atoms. The van der Waals surface area contributed by atoms with Gasteiger partial charge in [0.05, 0.1) is 62.8 Å². The molecule has 0 bridgehead atoms. The fourth-order valence-electron chi connectivity index (χ4n) is 11.6. The second kappa shape index (κ2) is 19.8. The molecule has 0 saturated carbocycles. The van der Waals surface area contributed by atoms with Crippen LogP contribution in [0.1, 0.15) is 44.5 Å². The Morgan fingerprint density at radius 2 is 0.726 bits per heavy atom. The Bertz CT molecular complexity index is 4480. The van der Waals surface area contributed by atoms with E-state index in [1.165, 1.54) is 36.4 Å². The molecule has 3 aromatic heterocycles. The SMILES string of the molecule is [C-]#[N+]c1ccc(-c2cc(-n3c4ccc(-c5ccc(C(F)(F)F)cc5C(F)(F)F)cc4c4cc(-c5ccc(C(F)(F)F)cc5C(F)(F)F)ccc43)ncc2-n2c3ccc(-c4ccc(C)cc4C)cc3c3cc(-c4ccc(C)cc4C)ccc32)cc1. The van der Waals surface area contributed by atoms with Crippen LogP contribution < -0.4 is 0 Å². The molecule has 0 unspecified atom stereocenters. The minimum atomic E-state index is -5.28. The smallest absolute Gasteiger partial charge is 0.307 e. The van der Waals surface area contributed by atoms with Gasteiger partial charge in [-0.2, -0.15) is 52.7 Å². The van der Waals surface area contributed by atoms with Gasteiger partial charge in [0.15, 0.2) is 5.69 Å². The molecule has 3 heterocycles. The van der Waals surface area contributed by atoms with E-state index in [0.29, 0.717) is 46.8 Å². The predicted octanol–water partition coefficient (Wildman–Crippen LogP) is 21.5. The van der Waals surface area contributed by atoms with Crippen LogP contribution in [0.4, 0.5) is 58.4 Å². The van der Waals surface area contributed by atoms with Crippen molar-refractivity contribution in [3.8, 4) is 67.1 Å². The van der Waals surface area contributed by atoms with Gasteiger partial charge < -0.3 is 4.57 Å². The first-order chi connectivity index (χ1) is 39.7. The molecule has 84 heavy (non-hydrogen) atoms. The molecular formula is C68H42F12N4. The lowest BCUT2D eigenvalue weighted by atomic mass is 9.94. The molecule has 0 aliphatic heterocycles. The average Bonchev–Trinajstić information content (AvgIpc) is 2.30. The maximum Gasteiger partial charge on any atom is 0.417 e. The van der Waals surface area contributed by atoms with E-state index in [4.69, 9.17) is 11.6 Å². The second-order valence-electron chi connectivity index (χ2n) is 21.0. The van der Waals surface area contributed by atoms with Crippen LogP contribution in [0.15, 0.2) is 182 Å². The van der Waals surface area contributed by atoms with Crippen molar-refractivity contribution in [1.82, 2.24) is 14.1 Å². The van der Waals surface area contributed by atoms with Gasteiger partial charge in [-0.15, -0.1) is 0 Å². The topological polar surface area (TPSA) is 27.1 Å². The number of aromatic nitrogens is 3. The van der Waals surface area contributed by atoms with Crippen molar-refractivity contribution in [2.75, 3.05) is 0 Å². The van der Waals surface area contributed by atoms with Gasteiger partial charge >= 0.3 is 24.7 Å². The third kappa shape index (κ3) is 9.66. The van der Waals surface area contributed by atoms with Crippen molar-refractivity contribution in [1.29, 1.82) is 0 Å². The van der Waals surface area contributed by atoms with Crippen LogP contribution in [0, 0.1) is 34.3 Å². The summed E-state index contributed by atoms with van der Waals surface area (Å²) >= 11 is 0. The number of fused-ring (bicyclic) bond motifs is 6. The number of aryl methyl sites for hydroxylation is 4. The highest BCUT2D eigenvalue weighted by Gasteiger charge is 2.40. The van der Waals surface area contributed by atoms with E-state index < -0.39 is 58.1 Å². The molecule has 0 saturated heterocycles. The zero-order valence-electron chi connectivity index (χ0n) is 44.6. The number of alkyl halides is 12. The van der Waals surface area contributed by atoms with Crippen LogP contribution in [0.25, 0.3) is 116 Å². The predicted molar refractivity (Wildman–Crippen MR) is 305 cm³/mol. The standard InChI is InChI=1S/C68H42F12N4/c1-36-6-18-48(38(3)26-36)41-10-22-59-53(28-41)54-29-42(49-19-7-37(2)27-39(49)4)11-23-60(54)83(59)63-35-82-64(34-52(63)40-8-16-47(81-5)17-9-40)84-61-24-12-43(50-20-14-45(65(69,70)71)32-57(50)67(75,76)77)30-55(61)56-31-44(13-25-62(56)84)51-21-15-46(66(72,73)74)33-58(51)68(78,79)80/h6-35H,1-4H3. The van der Waals surface area contributed by atoms with Crippen LogP contribution in [-0.4, -0.2) is 14.1 Å². The summed E-state index contributed by atoms with van der Waals surface area (Å²) in [4.78, 5) is 8.69. The summed E-state index contributed by atoms with van der Waals surface area (Å²) in [5.74, 6) is 0.203. The highest BCUT2D eigenvalue weighted by Crippen LogP contribution is 2.47. The van der Waals surface area contributed by atoms with E-state index in [1.807, 2.05) is 26.0 Å². The summed E-state index contributed by atoms with van der Waals surface area (Å²) in [6, 6.07) is 44.1. The quantitative estimate of drug-likeness (QED) is 0.115. The fraction of sp³-hybridized carbons (Fsp3) is 0.118. The molecule has 0 aliphatic rings. The van der Waals surface area contributed by atoms with Crippen molar-refractivity contribution >= 4 is 49.3 Å². The maximum absolute atomic E-state index is 14.8. The summed E-state index contributed by atoms with van der Waals surface area (Å²) < 4.78 is 176. The van der Waals surface area contributed by atoms with Gasteiger partial charge in [0.2, 0.25) is 0 Å². The molecule has 12 aromatic rings. The molecule has 0 N–H and O–H groups in total. The highest BCUT2D eigenvalue weighted by atomic mass is 19.4. The van der Waals surface area contributed by atoms with E-state index in [2.05, 4.69) is 83.9 Å². The first-order valence-corrected chi connectivity index (χ1v) is 26.1. The second-order valence-corrected chi connectivity index (χ2v) is 21.0. The summed E-state index contributed by atoms with van der Waals surface area (Å²) in [5, 5.41) is 2.08. The van der Waals surface area contributed by atoms with Crippen LogP contribution in [0.3, 0.4) is 0 Å². The van der Waals surface area contributed by atoms with Crippen LogP contribution in [0.2, 0.25) is 0 Å². The Hall–Kier alpha value is -9.62. The molecule has 0 radical (unpaired) electrons. The lowest BCUT2D eigenvalue weighted by Gasteiger charge is -2.17. The van der Waals surface area contributed by atoms with Crippen molar-refractivity contribution in [3.63, 3.8) is 0 Å². The van der Waals surface area contributed by atoms with Crippen LogP contribution in [-0.2, 0) is 24.7 Å². The van der Waals surface area contributed by atoms with E-state index in [1.54, 1.807) is 41.1 Å². The van der Waals surface area contributed by atoms with Crippen LogP contribution in [0.5, 0.6) is 0 Å². The van der Waals surface area contributed by atoms with E-state index in [9.17, 15) is 52.7 Å². The monoisotopic (exact) mass is 1140 g/mol. The summed E-state index contributed by atoms with van der Waals surface area (Å²) in [5.41, 5.74) is 4.80. The minimum Gasteiger partial charge on any atom is -0.307 e. The first kappa shape index (κ1) is 54.9. The van der Waals surface area contributed by atoms with Gasteiger partial charge in [0.25, 0.3) is 0 Å². The molecule has 4 nitrogen and oxygen atoms in total. The Kier molecular flexibility index (Phi) is 12.9. The highest BCUT2D eigenvalue weighted by molar-refractivity contribution is 6.13. The van der Waals surface area contributed by atoms with Gasteiger partial charge in [-0.05, 0) is 168 Å². The number of hydrogen-bond donors (Lipinski definition) is 0. The van der Waals surface area contributed by atoms with Crippen molar-refractivity contribution in [2.45, 2.75) is 52.4 Å². The summed E-state index contributed by atoms with van der Waals surface area (Å²) in [7, 11) is 0. The molecular weight excluding hydrogens is 1100 g/mol. The Balaban J connectivity index is 1.13. The van der Waals surface area contributed by atoms with Gasteiger partial charge in [-0.25, -0.2) is 9.83 Å². The van der Waals surface area contributed by atoms with Gasteiger partial charge in [0, 0.05) is 27.1 Å². The zero-order chi connectivity index (χ0) is 59.5. The molecule has 0 fully saturated rings.